The normalized spacial score (nSPS) is 11.0. The lowest BCUT2D eigenvalue weighted by atomic mass is 10.0. The number of ether oxygens (including phenoxy) is 1. The quantitative estimate of drug-likeness (QED) is 0.216. The van der Waals surface area contributed by atoms with Gasteiger partial charge in [-0.3, -0.25) is 10.1 Å². The zero-order valence-corrected chi connectivity index (χ0v) is 14.5. The average molecular weight is 357 g/mol. The Bertz CT molecular complexity index is 824. The molecule has 0 N–H and O–H groups in total. The van der Waals surface area contributed by atoms with Crippen LogP contribution < -0.4 is 4.74 Å². The predicted molar refractivity (Wildman–Crippen MR) is 98.4 cm³/mol. The Hall–Kier alpha value is -2.84. The van der Waals surface area contributed by atoms with E-state index in [1.165, 1.54) is 12.1 Å². The molecule has 25 heavy (non-hydrogen) atoms. The van der Waals surface area contributed by atoms with Crippen molar-refractivity contribution in [3.8, 4) is 11.8 Å². The third-order valence-corrected chi connectivity index (χ3v) is 3.77. The van der Waals surface area contributed by atoms with E-state index in [2.05, 4.69) is 13.0 Å². The summed E-state index contributed by atoms with van der Waals surface area (Å²) in [6.07, 6.45) is 3.62. The zero-order valence-electron chi connectivity index (χ0n) is 13.7. The first-order valence-electron chi connectivity index (χ1n) is 7.84. The lowest BCUT2D eigenvalue weighted by Gasteiger charge is -2.10. The maximum Gasteiger partial charge on any atom is 0.269 e. The Morgan fingerprint density at radius 3 is 2.64 bits per heavy atom. The van der Waals surface area contributed by atoms with Crippen molar-refractivity contribution in [2.45, 2.75) is 19.8 Å². The molecule has 0 radical (unpaired) electrons. The topological polar surface area (TPSA) is 76.2 Å². The minimum atomic E-state index is -0.476. The molecule has 0 aliphatic heterocycles. The number of allylic oxidation sites excluding steroid dienone is 1. The highest BCUT2D eigenvalue weighted by Crippen LogP contribution is 2.28. The molecule has 0 aromatic heterocycles. The Morgan fingerprint density at radius 1 is 1.32 bits per heavy atom. The van der Waals surface area contributed by atoms with Crippen LogP contribution in [0.25, 0.3) is 11.6 Å². The number of nitrogens with zero attached hydrogens (tertiary/aromatic N) is 2. The number of nitro benzene ring substituents is 1. The SMILES string of the molecule is CCCCOc1ccc(Cl)cc1/C=C(\C#N)c1ccc([N+](=O)[O-])cc1. The van der Waals surface area contributed by atoms with Gasteiger partial charge in [0.2, 0.25) is 0 Å². The molecule has 0 bridgehead atoms. The largest absolute Gasteiger partial charge is 0.493 e. The summed E-state index contributed by atoms with van der Waals surface area (Å²) in [5.41, 5.74) is 1.64. The Morgan fingerprint density at radius 2 is 2.04 bits per heavy atom. The molecule has 0 spiro atoms. The first-order chi connectivity index (χ1) is 12.0. The molecule has 2 aromatic carbocycles. The fourth-order valence-corrected chi connectivity index (χ4v) is 2.37. The van der Waals surface area contributed by atoms with E-state index in [1.54, 1.807) is 36.4 Å². The molecule has 6 heteroatoms. The molecule has 0 atom stereocenters. The fourth-order valence-electron chi connectivity index (χ4n) is 2.19. The maximum absolute atomic E-state index is 10.7. The molecule has 128 valence electrons. The van der Waals surface area contributed by atoms with Gasteiger partial charge < -0.3 is 4.74 Å². The van der Waals surface area contributed by atoms with Gasteiger partial charge in [0.15, 0.2) is 0 Å². The first-order valence-corrected chi connectivity index (χ1v) is 8.22. The average Bonchev–Trinajstić information content (AvgIpc) is 2.61. The molecule has 0 fully saturated rings. The summed E-state index contributed by atoms with van der Waals surface area (Å²) in [5, 5.41) is 20.7. The van der Waals surface area contributed by atoms with Crippen LogP contribution in [0.1, 0.15) is 30.9 Å². The molecular formula is C19H17ClN2O3. The second-order valence-corrected chi connectivity index (χ2v) is 5.79. The maximum atomic E-state index is 10.7. The molecule has 0 saturated heterocycles. The highest BCUT2D eigenvalue weighted by molar-refractivity contribution is 6.30. The van der Waals surface area contributed by atoms with E-state index in [0.29, 0.717) is 34.1 Å². The van der Waals surface area contributed by atoms with Crippen LogP contribution in [0.3, 0.4) is 0 Å². The van der Waals surface area contributed by atoms with E-state index in [1.807, 2.05) is 0 Å². The minimum Gasteiger partial charge on any atom is -0.493 e. The number of hydrogen-bond acceptors (Lipinski definition) is 4. The molecular weight excluding hydrogens is 340 g/mol. The fraction of sp³-hybridized carbons (Fsp3) is 0.211. The zero-order chi connectivity index (χ0) is 18.2. The molecule has 2 rings (SSSR count). The van der Waals surface area contributed by atoms with E-state index >= 15 is 0 Å². The summed E-state index contributed by atoms with van der Waals surface area (Å²) in [5.74, 6) is 0.646. The smallest absolute Gasteiger partial charge is 0.269 e. The Balaban J connectivity index is 2.36. The van der Waals surface area contributed by atoms with Crippen LogP contribution in [-0.2, 0) is 0 Å². The van der Waals surface area contributed by atoms with Crippen LogP contribution in [0.5, 0.6) is 5.75 Å². The third-order valence-electron chi connectivity index (χ3n) is 3.54. The molecule has 0 heterocycles. The molecule has 5 nitrogen and oxygen atoms in total. The predicted octanol–water partition coefficient (Wildman–Crippen LogP) is 5.49. The van der Waals surface area contributed by atoms with E-state index in [4.69, 9.17) is 16.3 Å². The summed E-state index contributed by atoms with van der Waals surface area (Å²) in [6, 6.07) is 13.2. The number of non-ortho nitro benzene ring substituents is 1. The molecule has 0 aliphatic rings. The van der Waals surface area contributed by atoms with Gasteiger partial charge in [0.25, 0.3) is 5.69 Å². The van der Waals surface area contributed by atoms with Gasteiger partial charge in [-0.1, -0.05) is 24.9 Å². The van der Waals surface area contributed by atoms with Crippen molar-refractivity contribution >= 4 is 28.9 Å². The van der Waals surface area contributed by atoms with Gasteiger partial charge in [-0.05, 0) is 48.4 Å². The summed E-state index contributed by atoms with van der Waals surface area (Å²) < 4.78 is 5.76. The molecule has 2 aromatic rings. The van der Waals surface area contributed by atoms with Crippen molar-refractivity contribution in [2.75, 3.05) is 6.61 Å². The summed E-state index contributed by atoms with van der Waals surface area (Å²) in [4.78, 5) is 10.3. The Labute approximate surface area is 151 Å². The number of nitro groups is 1. The van der Waals surface area contributed by atoms with Crippen LogP contribution in [0.2, 0.25) is 5.02 Å². The standard InChI is InChI=1S/C19H17ClN2O3/c1-2-3-10-25-19-9-6-17(20)12-15(19)11-16(13-21)14-4-7-18(8-5-14)22(23)24/h4-9,11-12H,2-3,10H2,1H3/b16-11+. The second-order valence-electron chi connectivity index (χ2n) is 5.36. The van der Waals surface area contributed by atoms with Gasteiger partial charge in [-0.2, -0.15) is 5.26 Å². The number of unbranched alkanes of at least 4 members (excludes halogenated alkanes) is 1. The van der Waals surface area contributed by atoms with E-state index in [-0.39, 0.29) is 5.69 Å². The Kier molecular flexibility index (Phi) is 6.55. The number of hydrogen-bond donors (Lipinski definition) is 0. The van der Waals surface area contributed by atoms with Crippen molar-refractivity contribution in [1.82, 2.24) is 0 Å². The van der Waals surface area contributed by atoms with E-state index < -0.39 is 4.92 Å². The van der Waals surface area contributed by atoms with Crippen molar-refractivity contribution in [3.05, 3.63) is 68.7 Å². The van der Waals surface area contributed by atoms with Crippen molar-refractivity contribution in [3.63, 3.8) is 0 Å². The third kappa shape index (κ3) is 5.07. The van der Waals surface area contributed by atoms with E-state index in [0.717, 1.165) is 12.8 Å². The summed E-state index contributed by atoms with van der Waals surface area (Å²) >= 11 is 6.06. The molecule has 0 aliphatic carbocycles. The number of benzene rings is 2. The number of halogens is 1. The summed E-state index contributed by atoms with van der Waals surface area (Å²) in [6.45, 7) is 2.66. The lowest BCUT2D eigenvalue weighted by Crippen LogP contribution is -1.98. The molecule has 0 saturated carbocycles. The van der Waals surface area contributed by atoms with Gasteiger partial charge in [-0.15, -0.1) is 0 Å². The van der Waals surface area contributed by atoms with Crippen LogP contribution >= 0.6 is 11.6 Å². The minimum absolute atomic E-state index is 0.0209. The highest BCUT2D eigenvalue weighted by atomic mass is 35.5. The number of rotatable bonds is 7. The molecule has 0 unspecified atom stereocenters. The van der Waals surface area contributed by atoms with Crippen molar-refractivity contribution < 1.29 is 9.66 Å². The van der Waals surface area contributed by atoms with Crippen LogP contribution in [0, 0.1) is 21.4 Å². The second kappa shape index (κ2) is 8.86. The van der Waals surface area contributed by atoms with Crippen molar-refractivity contribution in [1.29, 1.82) is 5.26 Å². The lowest BCUT2D eigenvalue weighted by molar-refractivity contribution is -0.384. The van der Waals surface area contributed by atoms with Gasteiger partial charge in [0.1, 0.15) is 5.75 Å². The van der Waals surface area contributed by atoms with E-state index in [9.17, 15) is 15.4 Å². The van der Waals surface area contributed by atoms with Crippen LogP contribution in [0.4, 0.5) is 5.69 Å². The van der Waals surface area contributed by atoms with Gasteiger partial charge in [-0.25, -0.2) is 0 Å². The van der Waals surface area contributed by atoms with Crippen molar-refractivity contribution in [2.24, 2.45) is 0 Å². The van der Waals surface area contributed by atoms with Crippen LogP contribution in [0.15, 0.2) is 42.5 Å². The van der Waals surface area contributed by atoms with Gasteiger partial charge in [0.05, 0.1) is 23.2 Å². The van der Waals surface area contributed by atoms with Gasteiger partial charge >= 0.3 is 0 Å². The molecule has 0 amide bonds. The highest BCUT2D eigenvalue weighted by Gasteiger charge is 2.09. The first kappa shape index (κ1) is 18.5. The monoisotopic (exact) mass is 356 g/mol. The summed E-state index contributed by atoms with van der Waals surface area (Å²) in [7, 11) is 0. The van der Waals surface area contributed by atoms with Gasteiger partial charge in [0, 0.05) is 22.7 Å². The number of nitriles is 1. The van der Waals surface area contributed by atoms with Crippen LogP contribution in [-0.4, -0.2) is 11.5 Å².